The van der Waals surface area contributed by atoms with Crippen molar-refractivity contribution < 1.29 is 16.0 Å². The Balaban J connectivity index is 2.02. The number of hydrogen-bond acceptors (Lipinski definition) is 3. The molecule has 0 aromatic heterocycles. The fraction of sp³-hybridized carbons (Fsp3) is 0. The summed E-state index contributed by atoms with van der Waals surface area (Å²) < 4.78 is 35.1. The molecular weight excluding hydrogens is 376 g/mol. The number of halogens is 1. The maximum absolute atomic E-state index is 13.7. The van der Waals surface area contributed by atoms with Gasteiger partial charge in [-0.2, -0.15) is 0 Å². The van der Waals surface area contributed by atoms with Crippen LogP contribution in [0.4, 0.5) is 4.20 Å². The molecule has 3 nitrogen and oxygen atoms in total. The van der Waals surface area contributed by atoms with E-state index in [-0.39, 0.29) is 0 Å². The maximum atomic E-state index is 13.7. The van der Waals surface area contributed by atoms with Gasteiger partial charge in [-0.15, -0.1) is 0 Å². The van der Waals surface area contributed by atoms with E-state index in [2.05, 4.69) is 0 Å². The third kappa shape index (κ3) is 4.53. The van der Waals surface area contributed by atoms with Crippen molar-refractivity contribution in [3.8, 4) is 0 Å². The second-order valence-electron chi connectivity index (χ2n) is 2.94. The number of allylic oxidation sites excluding steroid dienone is 6. The molecule has 0 saturated heterocycles. The van der Waals surface area contributed by atoms with Crippen LogP contribution in [0.3, 0.4) is 0 Å². The van der Waals surface area contributed by atoms with Crippen molar-refractivity contribution in [1.82, 2.24) is 0 Å². The molecule has 2 heterocycles. The van der Waals surface area contributed by atoms with Gasteiger partial charge in [0.25, 0.3) is 0 Å². The van der Waals surface area contributed by atoms with Crippen molar-refractivity contribution in [2.45, 2.75) is 0 Å². The van der Waals surface area contributed by atoms with Gasteiger partial charge < -0.3 is 0 Å². The Labute approximate surface area is 107 Å². The molecule has 0 amide bonds. The van der Waals surface area contributed by atoms with Crippen LogP contribution in [-0.4, -0.2) is 37.4 Å². The zero-order chi connectivity index (χ0) is 12.1. The third-order valence-electron chi connectivity index (χ3n) is 1.65. The summed E-state index contributed by atoms with van der Waals surface area (Å²) in [6, 6.07) is 0. The van der Waals surface area contributed by atoms with Crippen LogP contribution in [0.2, 0.25) is 0 Å². The van der Waals surface area contributed by atoms with Crippen LogP contribution in [0.1, 0.15) is 0 Å². The monoisotopic (exact) mass is 388 g/mol. The summed E-state index contributed by atoms with van der Waals surface area (Å²) in [5, 5.41) is 0. The second kappa shape index (κ2) is 6.12. The number of rotatable bonds is 4. The summed E-state index contributed by atoms with van der Waals surface area (Å²) >= 11 is -3.75. The van der Waals surface area contributed by atoms with E-state index >= 15 is 0 Å². The van der Waals surface area contributed by atoms with Crippen molar-refractivity contribution >= 4 is 45.3 Å². The van der Waals surface area contributed by atoms with Crippen LogP contribution >= 0.6 is 7.91 Å². The van der Waals surface area contributed by atoms with Crippen molar-refractivity contribution in [3.05, 3.63) is 46.4 Å². The zero-order valence-electron chi connectivity index (χ0n) is 8.64. The minimum absolute atomic E-state index is 1.73. The molecule has 0 aromatic rings. The molecule has 0 radical (unpaired) electrons. The van der Waals surface area contributed by atoms with Crippen LogP contribution in [0, 0.1) is 0 Å². The molecular formula is C10H10FO3PSe2. The average Bonchev–Trinajstić information content (AvgIpc) is 2.30. The minimum atomic E-state index is -4.45. The summed E-state index contributed by atoms with van der Waals surface area (Å²) in [7, 11) is -4.45. The Morgan fingerprint density at radius 2 is 1.29 bits per heavy atom. The topological polar surface area (TPSA) is 35.5 Å². The van der Waals surface area contributed by atoms with Crippen molar-refractivity contribution in [2.24, 2.45) is 0 Å². The average molecular weight is 386 g/mol. The SMILES string of the molecule is O=P(F)(O[Se]1=CC=CC=C1)O[Se]1=CC=CC=C1. The molecule has 2 unspecified atom stereocenters. The Hall–Kier alpha value is -0.181. The van der Waals surface area contributed by atoms with Crippen LogP contribution in [0.25, 0.3) is 0 Å². The molecule has 2 rings (SSSR count). The Morgan fingerprint density at radius 1 is 0.824 bits per heavy atom. The van der Waals surface area contributed by atoms with Crippen LogP contribution in [0.15, 0.2) is 46.4 Å². The molecule has 0 fully saturated rings. The molecule has 17 heavy (non-hydrogen) atoms. The summed E-state index contributed by atoms with van der Waals surface area (Å²) in [4.78, 5) is 6.93. The Morgan fingerprint density at radius 3 is 1.65 bits per heavy atom. The van der Waals surface area contributed by atoms with Gasteiger partial charge in [0, 0.05) is 0 Å². The van der Waals surface area contributed by atoms with Crippen LogP contribution in [-0.2, 0) is 11.8 Å². The molecule has 92 valence electrons. The summed E-state index contributed by atoms with van der Waals surface area (Å²) in [6.45, 7) is 0. The first-order chi connectivity index (χ1) is 8.16. The van der Waals surface area contributed by atoms with Gasteiger partial charge in [0.1, 0.15) is 0 Å². The standard InChI is InChI=1S/C10H10FO3PSe2/c11-15(12,13-16-7-3-1-4-8-16)14-17-9-5-2-6-10-17/h1-10H. The van der Waals surface area contributed by atoms with Gasteiger partial charge >= 0.3 is 108 Å². The molecule has 0 saturated carbocycles. The molecule has 0 N–H and O–H groups in total. The van der Waals surface area contributed by atoms with E-state index in [9.17, 15) is 8.76 Å². The van der Waals surface area contributed by atoms with E-state index in [1.807, 2.05) is 12.2 Å². The van der Waals surface area contributed by atoms with E-state index in [4.69, 9.17) is 7.21 Å². The van der Waals surface area contributed by atoms with Gasteiger partial charge in [0.05, 0.1) is 0 Å². The van der Waals surface area contributed by atoms with Crippen molar-refractivity contribution in [3.63, 3.8) is 0 Å². The van der Waals surface area contributed by atoms with Gasteiger partial charge in [-0.25, -0.2) is 0 Å². The molecule has 2 atom stereocenters. The number of hydrogen-bond donors (Lipinski definition) is 0. The molecule has 0 aliphatic carbocycles. The van der Waals surface area contributed by atoms with Gasteiger partial charge in [-0.3, -0.25) is 0 Å². The molecule has 0 bridgehead atoms. The molecule has 2 aliphatic rings. The van der Waals surface area contributed by atoms with Gasteiger partial charge in [-0.05, 0) is 0 Å². The van der Waals surface area contributed by atoms with E-state index in [1.165, 1.54) is 0 Å². The summed E-state index contributed by atoms with van der Waals surface area (Å²) in [5.41, 5.74) is 0. The summed E-state index contributed by atoms with van der Waals surface area (Å²) in [5.74, 6) is 0. The van der Waals surface area contributed by atoms with Crippen LogP contribution < -0.4 is 0 Å². The molecule has 7 heteroatoms. The third-order valence-corrected chi connectivity index (χ3v) is 10.3. The predicted octanol–water partition coefficient (Wildman–Crippen LogP) is 2.18. The fourth-order valence-electron chi connectivity index (χ4n) is 1.03. The molecule has 2 aliphatic heterocycles. The first kappa shape index (κ1) is 13.3. The first-order valence-corrected chi connectivity index (χ1v) is 11.4. The fourth-order valence-corrected chi connectivity index (χ4v) is 8.91. The Kier molecular flexibility index (Phi) is 4.77. The first-order valence-electron chi connectivity index (χ1n) is 4.66. The van der Waals surface area contributed by atoms with Gasteiger partial charge in [-0.1, -0.05) is 0 Å². The van der Waals surface area contributed by atoms with E-state index in [0.717, 1.165) is 0 Å². The van der Waals surface area contributed by atoms with E-state index < -0.39 is 35.5 Å². The van der Waals surface area contributed by atoms with Crippen LogP contribution in [0.5, 0.6) is 0 Å². The normalized spacial score (nSPS) is 29.5. The van der Waals surface area contributed by atoms with E-state index in [1.54, 1.807) is 44.1 Å². The van der Waals surface area contributed by atoms with Crippen molar-refractivity contribution in [1.29, 1.82) is 0 Å². The quantitative estimate of drug-likeness (QED) is 0.549. The summed E-state index contributed by atoms with van der Waals surface area (Å²) in [6.07, 6.45) is 10.7. The zero-order valence-corrected chi connectivity index (χ0v) is 13.0. The second-order valence-corrected chi connectivity index (χ2v) is 11.0. The predicted molar refractivity (Wildman–Crippen MR) is 71.1 cm³/mol. The molecule has 0 aromatic carbocycles. The van der Waals surface area contributed by atoms with Gasteiger partial charge in [0.2, 0.25) is 0 Å². The molecule has 0 spiro atoms. The van der Waals surface area contributed by atoms with Crippen molar-refractivity contribution in [2.75, 3.05) is 0 Å². The van der Waals surface area contributed by atoms with Gasteiger partial charge in [0.15, 0.2) is 0 Å². The van der Waals surface area contributed by atoms with E-state index in [0.29, 0.717) is 0 Å². The Bertz CT molecular complexity index is 488.